The maximum atomic E-state index is 2.47. The summed E-state index contributed by atoms with van der Waals surface area (Å²) in [6, 6.07) is 0. The highest BCUT2D eigenvalue weighted by Crippen LogP contribution is 2.28. The number of hydrogen-bond acceptors (Lipinski definition) is 0. The van der Waals surface area contributed by atoms with E-state index in [0.29, 0.717) is 0 Å². The molecule has 0 aliphatic heterocycles. The average Bonchev–Trinajstić information content (AvgIpc) is 2.48. The van der Waals surface area contributed by atoms with E-state index in [4.69, 9.17) is 0 Å². The van der Waals surface area contributed by atoms with Gasteiger partial charge in [0, 0.05) is 0 Å². The van der Waals surface area contributed by atoms with Gasteiger partial charge in [0.05, 0.1) is 0 Å². The molecule has 20 heavy (non-hydrogen) atoms. The summed E-state index contributed by atoms with van der Waals surface area (Å²) in [4.78, 5) is 0. The highest BCUT2D eigenvalue weighted by molar-refractivity contribution is 4.66. The van der Waals surface area contributed by atoms with Crippen LogP contribution in [0.5, 0.6) is 0 Å². The minimum absolute atomic E-state index is 0.936. The molecule has 0 rings (SSSR count). The molecule has 0 N–H and O–H groups in total. The van der Waals surface area contributed by atoms with E-state index in [-0.39, 0.29) is 0 Å². The van der Waals surface area contributed by atoms with Crippen LogP contribution in [0.4, 0.5) is 0 Å². The van der Waals surface area contributed by atoms with Crippen molar-refractivity contribution in [3.05, 3.63) is 0 Å². The van der Waals surface area contributed by atoms with Gasteiger partial charge in [0.2, 0.25) is 0 Å². The molecule has 2 unspecified atom stereocenters. The first kappa shape index (κ1) is 20.0. The van der Waals surface area contributed by atoms with Crippen molar-refractivity contribution >= 4 is 0 Å². The van der Waals surface area contributed by atoms with Gasteiger partial charge in [0.1, 0.15) is 0 Å². The Kier molecular flexibility index (Phi) is 12.7. The van der Waals surface area contributed by atoms with Crippen LogP contribution in [0.1, 0.15) is 106 Å². The van der Waals surface area contributed by atoms with Crippen LogP contribution in [0.25, 0.3) is 0 Å². The zero-order valence-electron chi connectivity index (χ0n) is 15.4. The summed E-state index contributed by atoms with van der Waals surface area (Å²) in [7, 11) is 0. The molecule has 0 aliphatic carbocycles. The maximum Gasteiger partial charge on any atom is -0.0414 e. The minimum atomic E-state index is 0.936. The molecule has 0 saturated carbocycles. The molecule has 0 radical (unpaired) electrons. The highest BCUT2D eigenvalue weighted by atomic mass is 14.2. The quantitative estimate of drug-likeness (QED) is 0.328. The molecule has 0 aromatic rings. The van der Waals surface area contributed by atoms with Crippen molar-refractivity contribution in [3.8, 4) is 0 Å². The fraction of sp³-hybridized carbons (Fsp3) is 1.00. The average molecular weight is 283 g/mol. The van der Waals surface area contributed by atoms with Gasteiger partial charge in [-0.1, -0.05) is 92.9 Å². The molecule has 0 bridgehead atoms. The Bertz CT molecular complexity index is 188. The van der Waals surface area contributed by atoms with Crippen molar-refractivity contribution in [3.63, 3.8) is 0 Å². The molecule has 0 amide bonds. The van der Waals surface area contributed by atoms with E-state index in [1.54, 1.807) is 0 Å². The number of hydrogen-bond donors (Lipinski definition) is 0. The normalized spacial score (nSPS) is 15.0. The Morgan fingerprint density at radius 2 is 1.00 bits per heavy atom. The highest BCUT2D eigenvalue weighted by Gasteiger charge is 2.14. The summed E-state index contributed by atoms with van der Waals surface area (Å²) in [5.41, 5.74) is 0. The van der Waals surface area contributed by atoms with Gasteiger partial charge in [0.25, 0.3) is 0 Å². The molecule has 0 fully saturated rings. The Morgan fingerprint density at radius 3 is 1.45 bits per heavy atom. The van der Waals surface area contributed by atoms with E-state index < -0.39 is 0 Å². The summed E-state index contributed by atoms with van der Waals surface area (Å²) in [5.74, 6) is 3.87. The predicted molar refractivity (Wildman–Crippen MR) is 94.2 cm³/mol. The third-order valence-electron chi connectivity index (χ3n) is 5.60. The molecular weight excluding hydrogens is 240 g/mol. The molecule has 2 atom stereocenters. The lowest BCUT2D eigenvalue weighted by molar-refractivity contribution is 0.301. The van der Waals surface area contributed by atoms with Gasteiger partial charge >= 0.3 is 0 Å². The van der Waals surface area contributed by atoms with E-state index >= 15 is 0 Å². The van der Waals surface area contributed by atoms with Gasteiger partial charge in [0.15, 0.2) is 0 Å². The first-order chi connectivity index (χ1) is 9.60. The largest absolute Gasteiger partial charge is 0.0651 e. The van der Waals surface area contributed by atoms with Gasteiger partial charge in [-0.2, -0.15) is 0 Å². The monoisotopic (exact) mass is 282 g/mol. The standard InChI is InChI=1S/C20H42/c1-7-18(8-2)15-17(6)13-12-14-20(11-5)16-19(9-3)10-4/h17-20H,7-16H2,1-6H3. The number of rotatable bonds is 13. The van der Waals surface area contributed by atoms with Crippen LogP contribution in [-0.4, -0.2) is 0 Å². The lowest BCUT2D eigenvalue weighted by Gasteiger charge is -2.22. The second kappa shape index (κ2) is 12.7. The second-order valence-corrected chi connectivity index (χ2v) is 7.15. The summed E-state index contributed by atoms with van der Waals surface area (Å²) in [5, 5.41) is 0. The summed E-state index contributed by atoms with van der Waals surface area (Å²) < 4.78 is 0. The molecule has 0 heteroatoms. The lowest BCUT2D eigenvalue weighted by Crippen LogP contribution is -2.09. The van der Waals surface area contributed by atoms with Crippen molar-refractivity contribution in [1.29, 1.82) is 0 Å². The van der Waals surface area contributed by atoms with Crippen LogP contribution in [-0.2, 0) is 0 Å². The van der Waals surface area contributed by atoms with Crippen LogP contribution in [0.3, 0.4) is 0 Å². The van der Waals surface area contributed by atoms with Crippen molar-refractivity contribution < 1.29 is 0 Å². The van der Waals surface area contributed by atoms with Gasteiger partial charge in [-0.05, 0) is 36.5 Å². The van der Waals surface area contributed by atoms with E-state index in [0.717, 1.165) is 23.7 Å². The lowest BCUT2D eigenvalue weighted by atomic mass is 9.84. The topological polar surface area (TPSA) is 0 Å². The van der Waals surface area contributed by atoms with Crippen molar-refractivity contribution in [2.24, 2.45) is 23.7 Å². The fourth-order valence-electron chi connectivity index (χ4n) is 3.65. The molecule has 0 aromatic heterocycles. The zero-order valence-corrected chi connectivity index (χ0v) is 15.4. The SMILES string of the molecule is CCC(CC)CC(C)CCCC(CC)CC(CC)CC. The van der Waals surface area contributed by atoms with E-state index in [1.165, 1.54) is 64.2 Å². The molecule has 122 valence electrons. The molecule has 0 aliphatic rings. The summed E-state index contributed by atoms with van der Waals surface area (Å²) >= 11 is 0. The van der Waals surface area contributed by atoms with Crippen molar-refractivity contribution in [1.82, 2.24) is 0 Å². The molecule has 0 spiro atoms. The zero-order chi connectivity index (χ0) is 15.4. The van der Waals surface area contributed by atoms with Crippen molar-refractivity contribution in [2.75, 3.05) is 0 Å². The molecule has 0 nitrogen and oxygen atoms in total. The Morgan fingerprint density at radius 1 is 0.550 bits per heavy atom. The smallest absolute Gasteiger partial charge is 0.0414 e. The van der Waals surface area contributed by atoms with E-state index in [9.17, 15) is 0 Å². The summed E-state index contributed by atoms with van der Waals surface area (Å²) in [6.45, 7) is 14.3. The molecule has 0 heterocycles. The Labute approximate surface area is 130 Å². The Balaban J connectivity index is 3.88. The molecular formula is C20H42. The third-order valence-corrected chi connectivity index (χ3v) is 5.60. The first-order valence-corrected chi connectivity index (χ1v) is 9.60. The molecule has 0 aromatic carbocycles. The van der Waals surface area contributed by atoms with E-state index in [2.05, 4.69) is 41.5 Å². The van der Waals surface area contributed by atoms with Gasteiger partial charge in [-0.25, -0.2) is 0 Å². The van der Waals surface area contributed by atoms with Crippen LogP contribution in [0.2, 0.25) is 0 Å². The van der Waals surface area contributed by atoms with Crippen LogP contribution in [0.15, 0.2) is 0 Å². The maximum absolute atomic E-state index is 2.47. The van der Waals surface area contributed by atoms with Crippen molar-refractivity contribution in [2.45, 2.75) is 106 Å². The van der Waals surface area contributed by atoms with Crippen LogP contribution in [0, 0.1) is 23.7 Å². The second-order valence-electron chi connectivity index (χ2n) is 7.15. The van der Waals surface area contributed by atoms with Crippen LogP contribution >= 0.6 is 0 Å². The third kappa shape index (κ3) is 9.03. The van der Waals surface area contributed by atoms with Gasteiger partial charge in [-0.15, -0.1) is 0 Å². The van der Waals surface area contributed by atoms with Gasteiger partial charge < -0.3 is 0 Å². The Hall–Kier alpha value is 0. The predicted octanol–water partition coefficient (Wildman–Crippen LogP) is 7.47. The summed E-state index contributed by atoms with van der Waals surface area (Å²) in [6.07, 6.45) is 14.2. The minimum Gasteiger partial charge on any atom is -0.0651 e. The van der Waals surface area contributed by atoms with Gasteiger partial charge in [-0.3, -0.25) is 0 Å². The van der Waals surface area contributed by atoms with Crippen LogP contribution < -0.4 is 0 Å². The van der Waals surface area contributed by atoms with E-state index in [1.807, 2.05) is 0 Å². The first-order valence-electron chi connectivity index (χ1n) is 9.60. The molecule has 0 saturated heterocycles. The fourth-order valence-corrected chi connectivity index (χ4v) is 3.65.